The Morgan fingerprint density at radius 2 is 1.73 bits per heavy atom. The number of benzene rings is 4. The number of nitrogens with one attached hydrogen (secondary N) is 1. The summed E-state index contributed by atoms with van der Waals surface area (Å²) in [6, 6.07) is 21.9. The molecule has 0 fully saturated rings. The van der Waals surface area contributed by atoms with Crippen LogP contribution in [0.25, 0.3) is 6.08 Å². The molecule has 204 valence electrons. The second-order valence-corrected chi connectivity index (χ2v) is 9.82. The molecular weight excluding hydrogens is 577 g/mol. The first-order valence-electron chi connectivity index (χ1n) is 12.4. The predicted molar refractivity (Wildman–Crippen MR) is 156 cm³/mol. The maximum absolute atomic E-state index is 13.9. The van der Waals surface area contributed by atoms with Gasteiger partial charge in [0.25, 0.3) is 5.91 Å². The average Bonchev–Trinajstić information content (AvgIpc) is 2.93. The van der Waals surface area contributed by atoms with Gasteiger partial charge in [-0.15, -0.1) is 0 Å². The Kier molecular flexibility index (Phi) is 9.35. The Balaban J connectivity index is 1.37. The molecule has 4 rings (SSSR count). The lowest BCUT2D eigenvalue weighted by molar-refractivity contribution is -0.128. The highest BCUT2D eigenvalue weighted by atomic mass is 79.9. The standard InChI is InChI=1S/C32H27BrFNO5/c1-20-8-14-28(21(2)16-20)35-32(37)23-10-12-25(13-11-23)40-30(36)15-9-22-17-26(33)31(29(18-22)38-3)39-19-24-6-4-5-7-27(24)34/h4-18H,19H2,1-3H3,(H,35,37)/b15-9+. The third kappa shape index (κ3) is 7.36. The zero-order valence-electron chi connectivity index (χ0n) is 22.2. The summed E-state index contributed by atoms with van der Waals surface area (Å²) >= 11 is 3.46. The lowest BCUT2D eigenvalue weighted by Crippen LogP contribution is -2.13. The number of halogens is 2. The maximum Gasteiger partial charge on any atom is 0.336 e. The van der Waals surface area contributed by atoms with Crippen LogP contribution in [0.4, 0.5) is 10.1 Å². The molecule has 0 radical (unpaired) electrons. The third-order valence-electron chi connectivity index (χ3n) is 5.96. The minimum Gasteiger partial charge on any atom is -0.493 e. The van der Waals surface area contributed by atoms with E-state index < -0.39 is 5.97 Å². The van der Waals surface area contributed by atoms with Gasteiger partial charge in [0.15, 0.2) is 11.5 Å². The molecule has 0 atom stereocenters. The predicted octanol–water partition coefficient (Wildman–Crippen LogP) is 7.66. The molecule has 0 aliphatic heterocycles. The van der Waals surface area contributed by atoms with Gasteiger partial charge in [-0.2, -0.15) is 0 Å². The molecule has 40 heavy (non-hydrogen) atoms. The second-order valence-electron chi connectivity index (χ2n) is 8.97. The fourth-order valence-electron chi connectivity index (χ4n) is 3.88. The minimum absolute atomic E-state index is 0.0230. The van der Waals surface area contributed by atoms with Crippen molar-refractivity contribution in [2.45, 2.75) is 20.5 Å². The molecule has 0 saturated heterocycles. The van der Waals surface area contributed by atoms with Crippen molar-refractivity contribution in [3.05, 3.63) is 123 Å². The number of carbonyl (C=O) groups excluding carboxylic acids is 2. The lowest BCUT2D eigenvalue weighted by atomic mass is 10.1. The molecule has 8 heteroatoms. The van der Waals surface area contributed by atoms with Crippen molar-refractivity contribution in [3.8, 4) is 17.2 Å². The zero-order chi connectivity index (χ0) is 28.6. The van der Waals surface area contributed by atoms with E-state index in [-0.39, 0.29) is 18.3 Å². The topological polar surface area (TPSA) is 73.9 Å². The normalized spacial score (nSPS) is 10.8. The third-order valence-corrected chi connectivity index (χ3v) is 6.55. The van der Waals surface area contributed by atoms with Gasteiger partial charge in [-0.05, 0) is 95.5 Å². The molecular formula is C32H27BrFNO5. The highest BCUT2D eigenvalue weighted by molar-refractivity contribution is 9.10. The number of carbonyl (C=O) groups is 2. The van der Waals surface area contributed by atoms with Crippen LogP contribution in [0.5, 0.6) is 17.2 Å². The molecule has 0 bridgehead atoms. The summed E-state index contributed by atoms with van der Waals surface area (Å²) in [5.74, 6) is -0.0899. The summed E-state index contributed by atoms with van der Waals surface area (Å²) in [6.07, 6.45) is 2.85. The fraction of sp³-hybridized carbons (Fsp3) is 0.125. The Hall–Kier alpha value is -4.43. The highest BCUT2D eigenvalue weighted by Gasteiger charge is 2.13. The zero-order valence-corrected chi connectivity index (χ0v) is 23.8. The van der Waals surface area contributed by atoms with E-state index in [0.717, 1.165) is 16.8 Å². The Labute approximate surface area is 240 Å². The Bertz CT molecular complexity index is 1570. The van der Waals surface area contributed by atoms with Crippen molar-refractivity contribution in [2.75, 3.05) is 12.4 Å². The summed E-state index contributed by atoms with van der Waals surface area (Å²) in [5, 5.41) is 2.89. The summed E-state index contributed by atoms with van der Waals surface area (Å²) in [7, 11) is 1.49. The van der Waals surface area contributed by atoms with E-state index in [2.05, 4.69) is 21.2 Å². The number of ether oxygens (including phenoxy) is 3. The number of aryl methyl sites for hydroxylation is 2. The Morgan fingerprint density at radius 1 is 0.975 bits per heavy atom. The van der Waals surface area contributed by atoms with Gasteiger partial charge >= 0.3 is 5.97 Å². The molecule has 0 heterocycles. The lowest BCUT2D eigenvalue weighted by Gasteiger charge is -2.14. The van der Waals surface area contributed by atoms with Crippen LogP contribution in [0.1, 0.15) is 32.6 Å². The van der Waals surface area contributed by atoms with Gasteiger partial charge < -0.3 is 19.5 Å². The van der Waals surface area contributed by atoms with Crippen molar-refractivity contribution in [2.24, 2.45) is 0 Å². The summed E-state index contributed by atoms with van der Waals surface area (Å²) in [4.78, 5) is 25.0. The van der Waals surface area contributed by atoms with Crippen LogP contribution in [0.15, 0.2) is 89.4 Å². The molecule has 0 aliphatic rings. The van der Waals surface area contributed by atoms with E-state index in [0.29, 0.717) is 38.4 Å². The van der Waals surface area contributed by atoms with Gasteiger partial charge in [-0.3, -0.25) is 4.79 Å². The number of methoxy groups -OCH3 is 1. The molecule has 4 aromatic rings. The van der Waals surface area contributed by atoms with Gasteiger partial charge in [-0.1, -0.05) is 35.9 Å². The van der Waals surface area contributed by atoms with Crippen LogP contribution in [0.2, 0.25) is 0 Å². The molecule has 1 amide bonds. The second kappa shape index (κ2) is 13.1. The summed E-state index contributed by atoms with van der Waals surface area (Å²) in [6.45, 7) is 3.95. The number of hydrogen-bond donors (Lipinski definition) is 1. The van der Waals surface area contributed by atoms with E-state index in [1.165, 1.54) is 19.3 Å². The van der Waals surface area contributed by atoms with Gasteiger partial charge in [0, 0.05) is 22.9 Å². The van der Waals surface area contributed by atoms with Crippen LogP contribution in [0.3, 0.4) is 0 Å². The molecule has 0 spiro atoms. The molecule has 0 unspecified atom stereocenters. The molecule has 0 aromatic heterocycles. The first-order valence-corrected chi connectivity index (χ1v) is 13.1. The first kappa shape index (κ1) is 28.6. The molecule has 1 N–H and O–H groups in total. The van der Waals surface area contributed by atoms with Crippen LogP contribution < -0.4 is 19.5 Å². The summed E-state index contributed by atoms with van der Waals surface area (Å²) in [5.41, 5.74) is 4.33. The van der Waals surface area contributed by atoms with E-state index in [1.807, 2.05) is 32.0 Å². The van der Waals surface area contributed by atoms with Crippen molar-refractivity contribution in [1.29, 1.82) is 0 Å². The van der Waals surface area contributed by atoms with E-state index >= 15 is 0 Å². The number of anilines is 1. The van der Waals surface area contributed by atoms with Crippen LogP contribution in [-0.4, -0.2) is 19.0 Å². The van der Waals surface area contributed by atoms with Crippen LogP contribution in [-0.2, 0) is 11.4 Å². The van der Waals surface area contributed by atoms with E-state index in [4.69, 9.17) is 14.2 Å². The van der Waals surface area contributed by atoms with E-state index in [9.17, 15) is 14.0 Å². The van der Waals surface area contributed by atoms with E-state index in [1.54, 1.807) is 60.7 Å². The van der Waals surface area contributed by atoms with Gasteiger partial charge in [0.2, 0.25) is 0 Å². The van der Waals surface area contributed by atoms with Gasteiger partial charge in [0.05, 0.1) is 11.6 Å². The smallest absolute Gasteiger partial charge is 0.336 e. The number of esters is 1. The van der Waals surface area contributed by atoms with Crippen molar-refractivity contribution in [1.82, 2.24) is 0 Å². The highest BCUT2D eigenvalue weighted by Crippen LogP contribution is 2.37. The fourth-order valence-corrected chi connectivity index (χ4v) is 4.45. The van der Waals surface area contributed by atoms with Crippen molar-refractivity contribution in [3.63, 3.8) is 0 Å². The molecule has 0 saturated carbocycles. The van der Waals surface area contributed by atoms with Gasteiger partial charge in [-0.25, -0.2) is 9.18 Å². The number of hydrogen-bond acceptors (Lipinski definition) is 5. The van der Waals surface area contributed by atoms with Crippen molar-refractivity contribution < 1.29 is 28.2 Å². The van der Waals surface area contributed by atoms with Gasteiger partial charge in [0.1, 0.15) is 18.2 Å². The maximum atomic E-state index is 13.9. The SMILES string of the molecule is COc1cc(/C=C/C(=O)Oc2ccc(C(=O)Nc3ccc(C)cc3C)cc2)cc(Br)c1OCc1ccccc1F. The first-order chi connectivity index (χ1) is 19.2. The Morgan fingerprint density at radius 3 is 2.42 bits per heavy atom. The minimum atomic E-state index is -0.595. The quantitative estimate of drug-likeness (QED) is 0.121. The molecule has 0 aliphatic carbocycles. The summed E-state index contributed by atoms with van der Waals surface area (Å²) < 4.78 is 31.1. The van der Waals surface area contributed by atoms with Crippen LogP contribution >= 0.6 is 15.9 Å². The number of rotatable bonds is 9. The largest absolute Gasteiger partial charge is 0.493 e. The molecule has 6 nitrogen and oxygen atoms in total. The van der Waals surface area contributed by atoms with Crippen molar-refractivity contribution >= 4 is 39.6 Å². The van der Waals surface area contributed by atoms with Crippen LogP contribution in [0, 0.1) is 19.7 Å². The average molecular weight is 604 g/mol. The molecule has 4 aromatic carbocycles. The monoisotopic (exact) mass is 603 g/mol. The number of amides is 1.